The fraction of sp³-hybridized carbons (Fsp3) is 0.500. The van der Waals surface area contributed by atoms with Gasteiger partial charge in [-0.15, -0.1) is 11.3 Å². The molecule has 3 rings (SSSR count). The highest BCUT2D eigenvalue weighted by molar-refractivity contribution is 7.89. The quantitative estimate of drug-likeness (QED) is 0.722. The van der Waals surface area contributed by atoms with E-state index in [2.05, 4.69) is 22.1 Å². The average Bonchev–Trinajstić information content (AvgIpc) is 3.07. The van der Waals surface area contributed by atoms with Gasteiger partial charge in [0.15, 0.2) is 0 Å². The van der Waals surface area contributed by atoms with Gasteiger partial charge in [0, 0.05) is 31.9 Å². The van der Waals surface area contributed by atoms with Crippen molar-refractivity contribution in [2.45, 2.75) is 38.0 Å². The second kappa shape index (κ2) is 9.34. The van der Waals surface area contributed by atoms with E-state index in [1.807, 2.05) is 14.0 Å². The van der Waals surface area contributed by atoms with E-state index in [0.29, 0.717) is 42.4 Å². The SMILES string of the molecule is CCCCc1nc(C)c(C(=O)Nc2cccc(S(=O)(=O)N3CCN(C)CC3)c2)s1. The van der Waals surface area contributed by atoms with Crippen molar-refractivity contribution in [2.75, 3.05) is 38.5 Å². The van der Waals surface area contributed by atoms with Gasteiger partial charge in [0.05, 0.1) is 15.6 Å². The number of carbonyl (C=O) groups excluding carboxylic acids is 1. The molecule has 1 aromatic heterocycles. The van der Waals surface area contributed by atoms with Gasteiger partial charge in [0.2, 0.25) is 10.0 Å². The molecule has 9 heteroatoms. The molecule has 1 aromatic carbocycles. The van der Waals surface area contributed by atoms with Crippen LogP contribution < -0.4 is 5.32 Å². The van der Waals surface area contributed by atoms with Gasteiger partial charge in [-0.1, -0.05) is 19.4 Å². The molecule has 7 nitrogen and oxygen atoms in total. The third kappa shape index (κ3) is 5.22. The molecule has 1 fully saturated rings. The summed E-state index contributed by atoms with van der Waals surface area (Å²) in [7, 11) is -1.60. The summed E-state index contributed by atoms with van der Waals surface area (Å²) in [5.74, 6) is -0.253. The van der Waals surface area contributed by atoms with E-state index in [4.69, 9.17) is 0 Å². The van der Waals surface area contributed by atoms with Gasteiger partial charge >= 0.3 is 0 Å². The maximum atomic E-state index is 12.9. The van der Waals surface area contributed by atoms with Gasteiger partial charge < -0.3 is 10.2 Å². The van der Waals surface area contributed by atoms with Crippen LogP contribution in [0.1, 0.15) is 40.1 Å². The first-order valence-electron chi connectivity index (χ1n) is 9.87. The monoisotopic (exact) mass is 436 g/mol. The van der Waals surface area contributed by atoms with Crippen LogP contribution in [-0.4, -0.2) is 61.7 Å². The van der Waals surface area contributed by atoms with Crippen molar-refractivity contribution in [1.82, 2.24) is 14.2 Å². The summed E-state index contributed by atoms with van der Waals surface area (Å²) in [4.78, 5) is 20.1. The summed E-state index contributed by atoms with van der Waals surface area (Å²) in [6, 6.07) is 6.46. The predicted octanol–water partition coefficient (Wildman–Crippen LogP) is 2.98. The molecule has 1 amide bonds. The maximum absolute atomic E-state index is 12.9. The molecule has 0 saturated carbocycles. The van der Waals surface area contributed by atoms with Crippen LogP contribution in [0.15, 0.2) is 29.2 Å². The average molecular weight is 437 g/mol. The standard InChI is InChI=1S/C20H28N4O3S2/c1-4-5-9-18-21-15(2)19(28-18)20(25)22-16-7-6-8-17(14-16)29(26,27)24-12-10-23(3)11-13-24/h6-8,14H,4-5,9-13H2,1-3H3,(H,22,25). The number of aryl methyl sites for hydroxylation is 2. The zero-order valence-electron chi connectivity index (χ0n) is 17.1. The van der Waals surface area contributed by atoms with Crippen LogP contribution in [0.4, 0.5) is 5.69 Å². The van der Waals surface area contributed by atoms with Crippen molar-refractivity contribution in [1.29, 1.82) is 0 Å². The molecule has 158 valence electrons. The molecule has 1 aliphatic heterocycles. The van der Waals surface area contributed by atoms with Crippen molar-refractivity contribution >= 4 is 33.0 Å². The molecule has 0 radical (unpaired) electrons. The number of rotatable bonds is 7. The molecule has 29 heavy (non-hydrogen) atoms. The first kappa shape index (κ1) is 21.9. The second-order valence-corrected chi connectivity index (χ2v) is 10.3. The number of anilines is 1. The fourth-order valence-corrected chi connectivity index (χ4v) is 5.67. The Morgan fingerprint density at radius 2 is 1.97 bits per heavy atom. The van der Waals surface area contributed by atoms with E-state index < -0.39 is 10.0 Å². The highest BCUT2D eigenvalue weighted by atomic mass is 32.2. The molecular formula is C20H28N4O3S2. The Morgan fingerprint density at radius 3 is 2.66 bits per heavy atom. The number of nitrogens with zero attached hydrogens (tertiary/aromatic N) is 3. The van der Waals surface area contributed by atoms with Crippen LogP contribution in [0.25, 0.3) is 0 Å². The third-order valence-corrected chi connectivity index (χ3v) is 8.09. The van der Waals surface area contributed by atoms with E-state index >= 15 is 0 Å². The smallest absolute Gasteiger partial charge is 0.267 e. The fourth-order valence-electron chi connectivity index (χ4n) is 3.20. The minimum atomic E-state index is -3.58. The molecule has 0 unspecified atom stereocenters. The van der Waals surface area contributed by atoms with Crippen LogP contribution >= 0.6 is 11.3 Å². The Labute approximate surface area is 176 Å². The zero-order chi connectivity index (χ0) is 21.0. The summed E-state index contributed by atoms with van der Waals surface area (Å²) in [5.41, 5.74) is 1.17. The summed E-state index contributed by atoms with van der Waals surface area (Å²) in [6.45, 7) is 6.31. The molecule has 1 aliphatic rings. The summed E-state index contributed by atoms with van der Waals surface area (Å²) >= 11 is 1.41. The molecular weight excluding hydrogens is 408 g/mol. The van der Waals surface area contributed by atoms with Crippen LogP contribution in [0.5, 0.6) is 0 Å². The van der Waals surface area contributed by atoms with E-state index in [9.17, 15) is 13.2 Å². The highest BCUT2D eigenvalue weighted by Gasteiger charge is 2.27. The number of likely N-dealkylation sites (N-methyl/N-ethyl adjacent to an activating group) is 1. The number of nitrogens with one attached hydrogen (secondary N) is 1. The summed E-state index contributed by atoms with van der Waals surface area (Å²) < 4.78 is 27.4. The minimum absolute atomic E-state index is 0.199. The number of unbranched alkanes of at least 4 members (excludes halogenated alkanes) is 1. The van der Waals surface area contributed by atoms with E-state index in [1.165, 1.54) is 21.7 Å². The minimum Gasteiger partial charge on any atom is -0.321 e. The van der Waals surface area contributed by atoms with Crippen LogP contribution in [0.2, 0.25) is 0 Å². The van der Waals surface area contributed by atoms with Gasteiger partial charge in [-0.05, 0) is 45.0 Å². The number of sulfonamides is 1. The third-order valence-electron chi connectivity index (χ3n) is 4.98. The molecule has 0 spiro atoms. The molecule has 1 saturated heterocycles. The van der Waals surface area contributed by atoms with Crippen molar-refractivity contribution in [3.8, 4) is 0 Å². The van der Waals surface area contributed by atoms with Gasteiger partial charge in [-0.25, -0.2) is 13.4 Å². The lowest BCUT2D eigenvalue weighted by Crippen LogP contribution is -2.47. The van der Waals surface area contributed by atoms with Crippen molar-refractivity contribution in [2.24, 2.45) is 0 Å². The van der Waals surface area contributed by atoms with Crippen molar-refractivity contribution in [3.05, 3.63) is 39.8 Å². The molecule has 0 atom stereocenters. The molecule has 2 heterocycles. The molecule has 0 bridgehead atoms. The molecule has 1 N–H and O–H groups in total. The predicted molar refractivity (Wildman–Crippen MR) is 116 cm³/mol. The number of thiazole rings is 1. The lowest BCUT2D eigenvalue weighted by Gasteiger charge is -2.31. The topological polar surface area (TPSA) is 82.6 Å². The number of hydrogen-bond acceptors (Lipinski definition) is 6. The number of amides is 1. The largest absolute Gasteiger partial charge is 0.321 e. The van der Waals surface area contributed by atoms with Crippen molar-refractivity contribution < 1.29 is 13.2 Å². The van der Waals surface area contributed by atoms with E-state index in [1.54, 1.807) is 18.2 Å². The summed E-state index contributed by atoms with van der Waals surface area (Å²) in [6.07, 6.45) is 2.99. The zero-order valence-corrected chi connectivity index (χ0v) is 18.8. The number of benzene rings is 1. The maximum Gasteiger partial charge on any atom is 0.267 e. The lowest BCUT2D eigenvalue weighted by atomic mass is 10.2. The normalized spacial score (nSPS) is 16.1. The van der Waals surface area contributed by atoms with Gasteiger partial charge in [0.1, 0.15) is 4.88 Å². The Morgan fingerprint density at radius 1 is 1.24 bits per heavy atom. The Hall–Kier alpha value is -1.81. The second-order valence-electron chi connectivity index (χ2n) is 7.32. The van der Waals surface area contributed by atoms with Crippen molar-refractivity contribution in [3.63, 3.8) is 0 Å². The van der Waals surface area contributed by atoms with E-state index in [-0.39, 0.29) is 10.8 Å². The van der Waals surface area contributed by atoms with Gasteiger partial charge in [-0.3, -0.25) is 4.79 Å². The number of hydrogen-bond donors (Lipinski definition) is 1. The van der Waals surface area contributed by atoms with Gasteiger partial charge in [-0.2, -0.15) is 4.31 Å². The summed E-state index contributed by atoms with van der Waals surface area (Å²) in [5, 5.41) is 3.79. The Balaban J connectivity index is 1.74. The van der Waals surface area contributed by atoms with Crippen LogP contribution in [-0.2, 0) is 16.4 Å². The first-order valence-corrected chi connectivity index (χ1v) is 12.1. The Bertz CT molecular complexity index is 964. The van der Waals surface area contributed by atoms with Crippen LogP contribution in [0.3, 0.4) is 0 Å². The highest BCUT2D eigenvalue weighted by Crippen LogP contribution is 2.24. The van der Waals surface area contributed by atoms with E-state index in [0.717, 1.165) is 24.3 Å². The first-order chi connectivity index (χ1) is 13.8. The Kier molecular flexibility index (Phi) is 7.05. The lowest BCUT2D eigenvalue weighted by molar-refractivity contribution is 0.102. The molecule has 0 aliphatic carbocycles. The molecule has 2 aromatic rings. The number of carbonyl (C=O) groups is 1. The van der Waals surface area contributed by atoms with Gasteiger partial charge in [0.25, 0.3) is 5.91 Å². The van der Waals surface area contributed by atoms with Crippen LogP contribution in [0, 0.1) is 6.92 Å². The number of aromatic nitrogens is 1. The number of piperazine rings is 1.